The second-order valence-electron chi connectivity index (χ2n) is 5.47. The molecule has 0 fully saturated rings. The van der Waals surface area contributed by atoms with Gasteiger partial charge in [-0.15, -0.1) is 0 Å². The van der Waals surface area contributed by atoms with Gasteiger partial charge in [-0.25, -0.2) is 0 Å². The van der Waals surface area contributed by atoms with Crippen LogP contribution in [0.2, 0.25) is 0 Å². The van der Waals surface area contributed by atoms with Crippen molar-refractivity contribution in [1.29, 1.82) is 0 Å². The first-order valence-electron chi connectivity index (χ1n) is 7.86. The molecule has 2 aromatic rings. The summed E-state index contributed by atoms with van der Waals surface area (Å²) in [7, 11) is 1.62. The van der Waals surface area contributed by atoms with Crippen molar-refractivity contribution in [3.05, 3.63) is 59.7 Å². The van der Waals surface area contributed by atoms with E-state index in [9.17, 15) is 9.59 Å². The molecule has 0 saturated heterocycles. The number of nitrogens with one attached hydrogen (secondary N) is 2. The van der Waals surface area contributed by atoms with Gasteiger partial charge in [0.2, 0.25) is 5.91 Å². The molecule has 2 amide bonds. The fourth-order valence-electron chi connectivity index (χ4n) is 2.44. The van der Waals surface area contributed by atoms with E-state index < -0.39 is 0 Å². The van der Waals surface area contributed by atoms with Crippen LogP contribution in [-0.4, -0.2) is 18.9 Å². The molecule has 24 heavy (non-hydrogen) atoms. The van der Waals surface area contributed by atoms with E-state index in [-0.39, 0.29) is 17.9 Å². The number of carbonyl (C=O) groups excluding carboxylic acids is 2. The number of ether oxygens (including phenoxy) is 1. The van der Waals surface area contributed by atoms with E-state index in [2.05, 4.69) is 10.6 Å². The Morgan fingerprint density at radius 2 is 1.83 bits per heavy atom. The molecule has 0 spiro atoms. The van der Waals surface area contributed by atoms with Gasteiger partial charge in [0, 0.05) is 18.2 Å². The van der Waals surface area contributed by atoms with Crippen molar-refractivity contribution in [3.63, 3.8) is 0 Å². The first kappa shape index (κ1) is 17.5. The molecule has 0 bridgehead atoms. The summed E-state index contributed by atoms with van der Waals surface area (Å²) < 4.78 is 5.16. The van der Waals surface area contributed by atoms with Gasteiger partial charge >= 0.3 is 0 Å². The summed E-state index contributed by atoms with van der Waals surface area (Å²) in [6.45, 7) is 3.45. The minimum atomic E-state index is -0.176. The van der Waals surface area contributed by atoms with Crippen molar-refractivity contribution in [2.45, 2.75) is 26.3 Å². The molecule has 0 radical (unpaired) electrons. The third-order valence-corrected chi connectivity index (χ3v) is 3.68. The molecule has 0 aliphatic carbocycles. The zero-order valence-electron chi connectivity index (χ0n) is 14.1. The first-order valence-corrected chi connectivity index (χ1v) is 7.86. The number of hydrogen-bond donors (Lipinski definition) is 2. The predicted molar refractivity (Wildman–Crippen MR) is 94.2 cm³/mol. The molecular formula is C19H22N2O3. The lowest BCUT2D eigenvalue weighted by Gasteiger charge is -2.18. The average Bonchev–Trinajstić information content (AvgIpc) is 2.59. The summed E-state index contributed by atoms with van der Waals surface area (Å²) in [6, 6.07) is 14.4. The van der Waals surface area contributed by atoms with Crippen LogP contribution in [0.25, 0.3) is 0 Å². The van der Waals surface area contributed by atoms with Gasteiger partial charge in [-0.1, -0.05) is 25.1 Å². The smallest absolute Gasteiger partial charge is 0.251 e. The molecule has 2 N–H and O–H groups in total. The van der Waals surface area contributed by atoms with Gasteiger partial charge in [-0.2, -0.15) is 0 Å². The van der Waals surface area contributed by atoms with E-state index in [4.69, 9.17) is 4.74 Å². The Labute approximate surface area is 142 Å². The van der Waals surface area contributed by atoms with Crippen LogP contribution >= 0.6 is 0 Å². The zero-order valence-corrected chi connectivity index (χ0v) is 14.1. The van der Waals surface area contributed by atoms with E-state index in [1.807, 2.05) is 31.2 Å². The second kappa shape index (κ2) is 8.15. The maximum absolute atomic E-state index is 12.5. The fourth-order valence-corrected chi connectivity index (χ4v) is 2.44. The van der Waals surface area contributed by atoms with E-state index in [1.165, 1.54) is 6.92 Å². The number of methoxy groups -OCH3 is 1. The van der Waals surface area contributed by atoms with Crippen molar-refractivity contribution in [2.75, 3.05) is 12.4 Å². The quantitative estimate of drug-likeness (QED) is 0.853. The van der Waals surface area contributed by atoms with Crippen molar-refractivity contribution in [3.8, 4) is 5.75 Å². The van der Waals surface area contributed by atoms with Gasteiger partial charge in [0.25, 0.3) is 5.91 Å². The minimum absolute atomic E-state index is 0.0900. The summed E-state index contributed by atoms with van der Waals surface area (Å²) >= 11 is 0. The van der Waals surface area contributed by atoms with Gasteiger partial charge in [0.05, 0.1) is 13.2 Å². The third-order valence-electron chi connectivity index (χ3n) is 3.68. The molecule has 0 heterocycles. The Balaban J connectivity index is 2.12. The topological polar surface area (TPSA) is 67.4 Å². The number of rotatable bonds is 6. The van der Waals surface area contributed by atoms with Gasteiger partial charge in [-0.05, 0) is 42.3 Å². The van der Waals surface area contributed by atoms with Crippen LogP contribution in [0.3, 0.4) is 0 Å². The minimum Gasteiger partial charge on any atom is -0.497 e. The van der Waals surface area contributed by atoms with Crippen LogP contribution < -0.4 is 15.4 Å². The second-order valence-corrected chi connectivity index (χ2v) is 5.47. The van der Waals surface area contributed by atoms with Crippen LogP contribution in [-0.2, 0) is 4.79 Å². The van der Waals surface area contributed by atoms with Gasteiger partial charge < -0.3 is 15.4 Å². The van der Waals surface area contributed by atoms with Crippen LogP contribution in [0, 0.1) is 0 Å². The Bertz CT molecular complexity index is 711. The van der Waals surface area contributed by atoms with Gasteiger partial charge in [0.1, 0.15) is 5.75 Å². The maximum atomic E-state index is 12.5. The standard InChI is InChI=1S/C19H22N2O3/c1-4-18(14-8-10-17(24-3)11-9-14)21-19(23)15-6-5-7-16(12-15)20-13(2)22/h5-12,18H,4H2,1-3H3,(H,20,22)(H,21,23)/t18-/m1/s1. The summed E-state index contributed by atoms with van der Waals surface area (Å²) in [5.74, 6) is 0.435. The molecule has 5 heteroatoms. The lowest BCUT2D eigenvalue weighted by atomic mass is 10.0. The Kier molecular flexibility index (Phi) is 5.95. The summed E-state index contributed by atoms with van der Waals surface area (Å²) in [4.78, 5) is 23.6. The molecule has 1 atom stereocenters. The molecule has 5 nitrogen and oxygen atoms in total. The van der Waals surface area contributed by atoms with Crippen LogP contribution in [0.15, 0.2) is 48.5 Å². The number of amides is 2. The fraction of sp³-hybridized carbons (Fsp3) is 0.263. The third kappa shape index (κ3) is 4.59. The first-order chi connectivity index (χ1) is 11.5. The van der Waals surface area contributed by atoms with E-state index in [0.717, 1.165) is 17.7 Å². The highest BCUT2D eigenvalue weighted by Gasteiger charge is 2.14. The molecule has 0 aliphatic heterocycles. The maximum Gasteiger partial charge on any atom is 0.251 e. The van der Waals surface area contributed by atoms with Crippen LogP contribution in [0.5, 0.6) is 5.75 Å². The molecule has 2 rings (SSSR count). The average molecular weight is 326 g/mol. The largest absolute Gasteiger partial charge is 0.497 e. The summed E-state index contributed by atoms with van der Waals surface area (Å²) in [6.07, 6.45) is 0.767. The normalized spacial score (nSPS) is 11.5. The van der Waals surface area contributed by atoms with Crippen LogP contribution in [0.1, 0.15) is 42.2 Å². The molecule has 0 unspecified atom stereocenters. The molecule has 0 aliphatic rings. The predicted octanol–water partition coefficient (Wildman–Crippen LogP) is 3.53. The van der Waals surface area contributed by atoms with Crippen molar-refractivity contribution in [2.24, 2.45) is 0 Å². The van der Waals surface area contributed by atoms with E-state index in [0.29, 0.717) is 11.3 Å². The number of carbonyl (C=O) groups is 2. The molecule has 0 aromatic heterocycles. The highest BCUT2D eigenvalue weighted by atomic mass is 16.5. The Morgan fingerprint density at radius 1 is 1.12 bits per heavy atom. The van der Waals surface area contributed by atoms with E-state index >= 15 is 0 Å². The highest BCUT2D eigenvalue weighted by Crippen LogP contribution is 2.21. The number of benzene rings is 2. The molecule has 126 valence electrons. The number of anilines is 1. The Morgan fingerprint density at radius 3 is 2.42 bits per heavy atom. The zero-order chi connectivity index (χ0) is 17.5. The number of hydrogen-bond acceptors (Lipinski definition) is 3. The molecule has 2 aromatic carbocycles. The van der Waals surface area contributed by atoms with Crippen molar-refractivity contribution < 1.29 is 14.3 Å². The van der Waals surface area contributed by atoms with E-state index in [1.54, 1.807) is 31.4 Å². The SMILES string of the molecule is CC[C@@H](NC(=O)c1cccc(NC(C)=O)c1)c1ccc(OC)cc1. The highest BCUT2D eigenvalue weighted by molar-refractivity contribution is 5.97. The lowest BCUT2D eigenvalue weighted by molar-refractivity contribution is -0.114. The molecule has 0 saturated carbocycles. The molecular weight excluding hydrogens is 304 g/mol. The summed E-state index contributed by atoms with van der Waals surface area (Å²) in [5.41, 5.74) is 2.13. The van der Waals surface area contributed by atoms with Gasteiger partial charge in [-0.3, -0.25) is 9.59 Å². The summed E-state index contributed by atoms with van der Waals surface area (Å²) in [5, 5.41) is 5.70. The van der Waals surface area contributed by atoms with Crippen molar-refractivity contribution in [1.82, 2.24) is 5.32 Å². The lowest BCUT2D eigenvalue weighted by Crippen LogP contribution is -2.28. The van der Waals surface area contributed by atoms with Gasteiger partial charge in [0.15, 0.2) is 0 Å². The monoisotopic (exact) mass is 326 g/mol. The van der Waals surface area contributed by atoms with Crippen LogP contribution in [0.4, 0.5) is 5.69 Å². The Hall–Kier alpha value is -2.82. The van der Waals surface area contributed by atoms with Crippen molar-refractivity contribution >= 4 is 17.5 Å².